The van der Waals surface area contributed by atoms with Gasteiger partial charge in [-0.2, -0.15) is 0 Å². The highest BCUT2D eigenvalue weighted by atomic mass is 15.1. The quantitative estimate of drug-likeness (QED) is 0.141. The van der Waals surface area contributed by atoms with Crippen molar-refractivity contribution in [3.8, 4) is 61.3 Å². The Labute approximate surface area is 362 Å². The predicted octanol–water partition coefficient (Wildman–Crippen LogP) is 16.6. The average molecular weight is 791 g/mol. The summed E-state index contributed by atoms with van der Waals surface area (Å²) in [5, 5.41) is 2.51. The molecule has 2 nitrogen and oxygen atoms in total. The van der Waals surface area contributed by atoms with Crippen LogP contribution in [0.5, 0.6) is 0 Å². The van der Waals surface area contributed by atoms with Gasteiger partial charge in [0.2, 0.25) is 0 Å². The van der Waals surface area contributed by atoms with Gasteiger partial charge in [0.05, 0.1) is 11.0 Å². The second kappa shape index (κ2) is 16.1. The molecule has 292 valence electrons. The molecule has 0 aliphatic carbocycles. The number of hydrogen-bond acceptors (Lipinski definition) is 1. The lowest BCUT2D eigenvalue weighted by atomic mass is 9.95. The van der Waals surface area contributed by atoms with Crippen molar-refractivity contribution in [1.29, 1.82) is 0 Å². The van der Waals surface area contributed by atoms with E-state index in [9.17, 15) is 0 Å². The summed E-state index contributed by atoms with van der Waals surface area (Å²) in [6, 6.07) is 92.1. The normalized spacial score (nSPS) is 11.2. The molecule has 2 heteroatoms. The molecule has 10 aromatic carbocycles. The number of hydrogen-bond donors (Lipinski definition) is 0. The Morgan fingerprint density at radius 2 is 0.710 bits per heavy atom. The highest BCUT2D eigenvalue weighted by Crippen LogP contribution is 2.43. The van der Waals surface area contributed by atoms with Crippen molar-refractivity contribution >= 4 is 38.9 Å². The lowest BCUT2D eigenvalue weighted by Gasteiger charge is -2.27. The second-order valence-corrected chi connectivity index (χ2v) is 15.8. The monoisotopic (exact) mass is 790 g/mol. The summed E-state index contributed by atoms with van der Waals surface area (Å²) < 4.78 is 2.39. The lowest BCUT2D eigenvalue weighted by molar-refractivity contribution is 1.18. The van der Waals surface area contributed by atoms with Gasteiger partial charge in [-0.3, -0.25) is 0 Å². The van der Waals surface area contributed by atoms with Gasteiger partial charge in [-0.05, 0) is 128 Å². The SMILES string of the molecule is c1ccc(-c2ccc(N(c3cccc(-c4cccc(-c5cccc6c5c5ccccc5n6-c5ccccc5)c4)c3)c3cc(-c4ccccc4)cc(-c4ccccc4)c3)cc2)cc1. The Balaban J connectivity index is 1.06. The molecule has 0 bridgehead atoms. The Morgan fingerprint density at radius 3 is 1.37 bits per heavy atom. The van der Waals surface area contributed by atoms with Gasteiger partial charge in [0, 0.05) is 33.5 Å². The third-order valence-corrected chi connectivity index (χ3v) is 11.9. The minimum atomic E-state index is 1.08. The van der Waals surface area contributed by atoms with E-state index in [1.165, 1.54) is 66.3 Å². The van der Waals surface area contributed by atoms with Crippen molar-refractivity contribution in [1.82, 2.24) is 4.57 Å². The Morgan fingerprint density at radius 1 is 0.258 bits per heavy atom. The van der Waals surface area contributed by atoms with E-state index in [2.05, 4.69) is 264 Å². The third kappa shape index (κ3) is 6.94. The minimum absolute atomic E-state index is 1.08. The average Bonchev–Trinajstić information content (AvgIpc) is 3.70. The van der Waals surface area contributed by atoms with Crippen LogP contribution >= 0.6 is 0 Å². The molecular formula is C60H42N2. The smallest absolute Gasteiger partial charge is 0.0547 e. The number of fused-ring (bicyclic) bond motifs is 3. The van der Waals surface area contributed by atoms with E-state index in [0.29, 0.717) is 0 Å². The summed E-state index contributed by atoms with van der Waals surface area (Å²) in [5.41, 5.74) is 18.6. The van der Waals surface area contributed by atoms with Crippen molar-refractivity contribution in [2.75, 3.05) is 4.90 Å². The van der Waals surface area contributed by atoms with Crippen LogP contribution in [0.3, 0.4) is 0 Å². The van der Waals surface area contributed by atoms with E-state index in [1.807, 2.05) is 0 Å². The number of para-hydroxylation sites is 2. The number of aromatic nitrogens is 1. The van der Waals surface area contributed by atoms with E-state index in [-0.39, 0.29) is 0 Å². The fraction of sp³-hybridized carbons (Fsp3) is 0. The summed E-state index contributed by atoms with van der Waals surface area (Å²) in [7, 11) is 0. The molecule has 0 unspecified atom stereocenters. The fourth-order valence-corrected chi connectivity index (χ4v) is 9.02. The van der Waals surface area contributed by atoms with E-state index >= 15 is 0 Å². The summed E-state index contributed by atoms with van der Waals surface area (Å²) in [6.45, 7) is 0. The van der Waals surface area contributed by atoms with Gasteiger partial charge in [0.15, 0.2) is 0 Å². The van der Waals surface area contributed by atoms with Crippen molar-refractivity contribution in [3.05, 3.63) is 255 Å². The molecule has 0 atom stereocenters. The second-order valence-electron chi connectivity index (χ2n) is 15.8. The van der Waals surface area contributed by atoms with Gasteiger partial charge in [0.1, 0.15) is 0 Å². The first kappa shape index (κ1) is 36.8. The molecule has 0 aliphatic rings. The van der Waals surface area contributed by atoms with Crippen molar-refractivity contribution in [2.45, 2.75) is 0 Å². The molecule has 11 aromatic rings. The largest absolute Gasteiger partial charge is 0.310 e. The molecule has 0 saturated carbocycles. The first-order valence-electron chi connectivity index (χ1n) is 21.3. The molecule has 11 rings (SSSR count). The van der Waals surface area contributed by atoms with E-state index in [1.54, 1.807) is 0 Å². The Kier molecular flexibility index (Phi) is 9.57. The lowest BCUT2D eigenvalue weighted by Crippen LogP contribution is -2.10. The fourth-order valence-electron chi connectivity index (χ4n) is 9.02. The summed E-state index contributed by atoms with van der Waals surface area (Å²) in [6.07, 6.45) is 0. The molecule has 0 radical (unpaired) electrons. The summed E-state index contributed by atoms with van der Waals surface area (Å²) in [4.78, 5) is 2.40. The zero-order valence-corrected chi connectivity index (χ0v) is 34.1. The molecule has 0 aliphatic heterocycles. The van der Waals surface area contributed by atoms with Crippen LogP contribution in [-0.4, -0.2) is 4.57 Å². The van der Waals surface area contributed by atoms with Crippen LogP contribution < -0.4 is 4.90 Å². The summed E-state index contributed by atoms with van der Waals surface area (Å²) >= 11 is 0. The first-order chi connectivity index (χ1) is 30.7. The standard InChI is InChI=1S/C60H42N2/c1-5-18-43(19-6-1)46-34-36-53(37-35-46)61(55-41-50(44-20-7-2-8-21-44)39-51(42-55)45-22-9-3-10-23-45)54-29-16-25-48(40-54)47-24-15-26-49(38-47)56-31-17-33-59-60(56)57-30-13-14-32-58(57)62(59)52-27-11-4-12-28-52/h1-42H. The van der Waals surface area contributed by atoms with Gasteiger partial charge in [-0.15, -0.1) is 0 Å². The van der Waals surface area contributed by atoms with Gasteiger partial charge in [0.25, 0.3) is 0 Å². The van der Waals surface area contributed by atoms with E-state index in [0.717, 1.165) is 33.9 Å². The zero-order valence-electron chi connectivity index (χ0n) is 34.1. The van der Waals surface area contributed by atoms with E-state index in [4.69, 9.17) is 0 Å². The molecule has 0 saturated heterocycles. The molecule has 0 spiro atoms. The van der Waals surface area contributed by atoms with Gasteiger partial charge < -0.3 is 9.47 Å². The Bertz CT molecular complexity index is 3260. The Hall–Kier alpha value is -8.20. The minimum Gasteiger partial charge on any atom is -0.310 e. The van der Waals surface area contributed by atoms with Crippen LogP contribution in [0.15, 0.2) is 255 Å². The summed E-state index contributed by atoms with van der Waals surface area (Å²) in [5.74, 6) is 0. The third-order valence-electron chi connectivity index (χ3n) is 11.9. The van der Waals surface area contributed by atoms with Crippen LogP contribution in [-0.2, 0) is 0 Å². The highest BCUT2D eigenvalue weighted by Gasteiger charge is 2.19. The maximum atomic E-state index is 2.40. The number of anilines is 3. The number of rotatable bonds is 9. The number of benzene rings is 10. The van der Waals surface area contributed by atoms with Gasteiger partial charge in [-0.25, -0.2) is 0 Å². The predicted molar refractivity (Wildman–Crippen MR) is 263 cm³/mol. The van der Waals surface area contributed by atoms with Crippen LogP contribution in [0.4, 0.5) is 17.1 Å². The molecule has 62 heavy (non-hydrogen) atoms. The molecule has 0 amide bonds. The van der Waals surface area contributed by atoms with Crippen molar-refractivity contribution in [3.63, 3.8) is 0 Å². The maximum absolute atomic E-state index is 2.40. The maximum Gasteiger partial charge on any atom is 0.0547 e. The highest BCUT2D eigenvalue weighted by molar-refractivity contribution is 6.16. The van der Waals surface area contributed by atoms with Gasteiger partial charge in [-0.1, -0.05) is 182 Å². The molecule has 1 aromatic heterocycles. The molecule has 0 N–H and O–H groups in total. The van der Waals surface area contributed by atoms with Crippen LogP contribution in [0.1, 0.15) is 0 Å². The number of nitrogens with zero attached hydrogens (tertiary/aromatic N) is 2. The van der Waals surface area contributed by atoms with Crippen LogP contribution in [0, 0.1) is 0 Å². The van der Waals surface area contributed by atoms with E-state index < -0.39 is 0 Å². The van der Waals surface area contributed by atoms with Crippen LogP contribution in [0.2, 0.25) is 0 Å². The molecular weight excluding hydrogens is 749 g/mol. The van der Waals surface area contributed by atoms with Gasteiger partial charge >= 0.3 is 0 Å². The van der Waals surface area contributed by atoms with Crippen LogP contribution in [0.25, 0.3) is 83.1 Å². The first-order valence-corrected chi connectivity index (χ1v) is 21.3. The topological polar surface area (TPSA) is 8.17 Å². The zero-order chi connectivity index (χ0) is 41.2. The molecule has 1 heterocycles. The molecule has 0 fully saturated rings. The van der Waals surface area contributed by atoms with Crippen molar-refractivity contribution in [2.24, 2.45) is 0 Å². The van der Waals surface area contributed by atoms with Crippen molar-refractivity contribution < 1.29 is 0 Å².